The van der Waals surface area contributed by atoms with Crippen molar-refractivity contribution in [3.05, 3.63) is 185 Å². The Balaban J connectivity index is 1.34. The highest BCUT2D eigenvalue weighted by Crippen LogP contribution is 2.39. The summed E-state index contributed by atoms with van der Waals surface area (Å²) in [5.41, 5.74) is 9.58. The minimum Gasteiger partial charge on any atom is -0.489 e. The van der Waals surface area contributed by atoms with Gasteiger partial charge in [0.2, 0.25) is 0 Å². The molecular formula is C39H36O. The second kappa shape index (κ2) is 12.5. The van der Waals surface area contributed by atoms with Gasteiger partial charge < -0.3 is 4.74 Å². The Kier molecular flexibility index (Phi) is 8.42. The standard InChI is InChI=1S/C39H36O/c1-4-30-11-15-32(16-12-30)17-18-33-21-23-36(24-22-33)39(3,35-9-7-6-8-10-35)37-25-27-38(28-26-37)40-29-34-19-13-31(5-2)14-20-34/h4-16,19-28H,1-2,17-18,29H2,3H3. The van der Waals surface area contributed by atoms with Crippen molar-refractivity contribution < 1.29 is 4.74 Å². The van der Waals surface area contributed by atoms with Gasteiger partial charge in [0.25, 0.3) is 0 Å². The highest BCUT2D eigenvalue weighted by molar-refractivity contribution is 5.51. The average Bonchev–Trinajstić information content (AvgIpc) is 3.04. The van der Waals surface area contributed by atoms with Gasteiger partial charge in [-0.3, -0.25) is 0 Å². The van der Waals surface area contributed by atoms with Gasteiger partial charge in [-0.2, -0.15) is 0 Å². The number of ether oxygens (including phenoxy) is 1. The lowest BCUT2D eigenvalue weighted by molar-refractivity contribution is 0.306. The predicted octanol–water partition coefficient (Wildman–Crippen LogP) is 9.69. The molecule has 0 heterocycles. The zero-order chi connectivity index (χ0) is 27.8. The molecule has 5 rings (SSSR count). The van der Waals surface area contributed by atoms with Gasteiger partial charge in [-0.05, 0) is 76.4 Å². The van der Waals surface area contributed by atoms with E-state index in [1.807, 2.05) is 12.2 Å². The normalized spacial score (nSPS) is 12.3. The summed E-state index contributed by atoms with van der Waals surface area (Å²) < 4.78 is 6.11. The van der Waals surface area contributed by atoms with Crippen molar-refractivity contribution in [3.63, 3.8) is 0 Å². The Labute approximate surface area is 239 Å². The summed E-state index contributed by atoms with van der Waals surface area (Å²) in [5, 5.41) is 0. The summed E-state index contributed by atoms with van der Waals surface area (Å²) >= 11 is 0. The maximum atomic E-state index is 6.11. The van der Waals surface area contributed by atoms with Crippen LogP contribution in [0.3, 0.4) is 0 Å². The summed E-state index contributed by atoms with van der Waals surface area (Å²) in [5.74, 6) is 0.864. The molecular weight excluding hydrogens is 484 g/mol. The minimum absolute atomic E-state index is 0.292. The van der Waals surface area contributed by atoms with Crippen LogP contribution in [-0.2, 0) is 24.9 Å². The first-order valence-electron chi connectivity index (χ1n) is 13.9. The first-order valence-corrected chi connectivity index (χ1v) is 13.9. The number of benzene rings is 5. The van der Waals surface area contributed by atoms with E-state index in [0.717, 1.165) is 35.3 Å². The molecule has 0 aliphatic rings. The Morgan fingerprint density at radius 1 is 0.525 bits per heavy atom. The fourth-order valence-electron chi connectivity index (χ4n) is 5.19. The van der Waals surface area contributed by atoms with Crippen molar-refractivity contribution in [2.75, 3.05) is 0 Å². The fraction of sp³-hybridized carbons (Fsp3) is 0.128. The highest BCUT2D eigenvalue weighted by Gasteiger charge is 2.31. The van der Waals surface area contributed by atoms with Gasteiger partial charge >= 0.3 is 0 Å². The van der Waals surface area contributed by atoms with Crippen LogP contribution in [-0.4, -0.2) is 0 Å². The molecule has 0 amide bonds. The van der Waals surface area contributed by atoms with E-state index in [2.05, 4.69) is 147 Å². The Hall–Kier alpha value is -4.62. The van der Waals surface area contributed by atoms with Gasteiger partial charge in [0, 0.05) is 5.41 Å². The van der Waals surface area contributed by atoms with Crippen LogP contribution in [0.1, 0.15) is 51.4 Å². The van der Waals surface area contributed by atoms with Crippen LogP contribution in [0.2, 0.25) is 0 Å². The number of rotatable bonds is 11. The van der Waals surface area contributed by atoms with E-state index in [1.165, 1.54) is 27.8 Å². The molecule has 0 bridgehead atoms. The molecule has 0 N–H and O–H groups in total. The van der Waals surface area contributed by atoms with Crippen LogP contribution in [0.15, 0.2) is 141 Å². The summed E-state index contributed by atoms with van der Waals surface area (Å²) in [4.78, 5) is 0. The molecule has 5 aromatic rings. The molecule has 1 atom stereocenters. The zero-order valence-corrected chi connectivity index (χ0v) is 23.2. The van der Waals surface area contributed by atoms with E-state index >= 15 is 0 Å². The second-order valence-electron chi connectivity index (χ2n) is 10.4. The third kappa shape index (κ3) is 6.16. The van der Waals surface area contributed by atoms with Crippen molar-refractivity contribution in [2.45, 2.75) is 31.8 Å². The lowest BCUT2D eigenvalue weighted by atomic mass is 9.71. The Morgan fingerprint density at radius 3 is 1.45 bits per heavy atom. The van der Waals surface area contributed by atoms with E-state index in [-0.39, 0.29) is 5.41 Å². The van der Waals surface area contributed by atoms with Crippen molar-refractivity contribution in [2.24, 2.45) is 0 Å². The van der Waals surface area contributed by atoms with Gasteiger partial charge in [0.05, 0.1) is 0 Å². The van der Waals surface area contributed by atoms with E-state index in [9.17, 15) is 0 Å². The van der Waals surface area contributed by atoms with Crippen LogP contribution in [0.25, 0.3) is 12.2 Å². The van der Waals surface area contributed by atoms with Gasteiger partial charge in [-0.1, -0.05) is 141 Å². The van der Waals surface area contributed by atoms with Gasteiger partial charge in [-0.25, -0.2) is 0 Å². The summed E-state index contributed by atoms with van der Waals surface area (Å²) in [6, 6.07) is 45.4. The van der Waals surface area contributed by atoms with E-state index in [1.54, 1.807) is 0 Å². The minimum atomic E-state index is -0.292. The van der Waals surface area contributed by atoms with Crippen molar-refractivity contribution in [1.82, 2.24) is 0 Å². The average molecular weight is 521 g/mol. The molecule has 1 heteroatoms. The smallest absolute Gasteiger partial charge is 0.119 e. The van der Waals surface area contributed by atoms with Crippen LogP contribution >= 0.6 is 0 Å². The Bertz CT molecular complexity index is 1430. The predicted molar refractivity (Wildman–Crippen MR) is 170 cm³/mol. The summed E-state index contributed by atoms with van der Waals surface area (Å²) in [6.07, 6.45) is 5.77. The topological polar surface area (TPSA) is 9.23 Å². The van der Waals surface area contributed by atoms with Crippen molar-refractivity contribution in [1.29, 1.82) is 0 Å². The SMILES string of the molecule is C=Cc1ccc(CCc2ccc(C(C)(c3ccccc3)c3ccc(OCc4ccc(C=C)cc4)cc3)cc2)cc1. The number of aryl methyl sites for hydroxylation is 2. The fourth-order valence-corrected chi connectivity index (χ4v) is 5.19. The van der Waals surface area contributed by atoms with E-state index in [4.69, 9.17) is 4.74 Å². The van der Waals surface area contributed by atoms with Crippen LogP contribution < -0.4 is 4.74 Å². The first kappa shape index (κ1) is 27.0. The van der Waals surface area contributed by atoms with Crippen LogP contribution in [0, 0.1) is 0 Å². The second-order valence-corrected chi connectivity index (χ2v) is 10.4. The molecule has 0 aromatic heterocycles. The summed E-state index contributed by atoms with van der Waals surface area (Å²) in [6.45, 7) is 10.5. The molecule has 0 fully saturated rings. The number of hydrogen-bond donors (Lipinski definition) is 0. The third-order valence-corrected chi connectivity index (χ3v) is 7.85. The molecule has 0 saturated carbocycles. The maximum absolute atomic E-state index is 6.11. The largest absolute Gasteiger partial charge is 0.489 e. The molecule has 5 aromatic carbocycles. The monoisotopic (exact) mass is 520 g/mol. The maximum Gasteiger partial charge on any atom is 0.119 e. The lowest BCUT2D eigenvalue weighted by Gasteiger charge is -2.32. The van der Waals surface area contributed by atoms with Gasteiger partial charge in [-0.15, -0.1) is 0 Å². The molecule has 0 aliphatic heterocycles. The molecule has 40 heavy (non-hydrogen) atoms. The highest BCUT2D eigenvalue weighted by atomic mass is 16.5. The molecule has 0 spiro atoms. The van der Waals surface area contributed by atoms with Crippen molar-refractivity contribution in [3.8, 4) is 5.75 Å². The lowest BCUT2D eigenvalue weighted by Crippen LogP contribution is -2.25. The van der Waals surface area contributed by atoms with Gasteiger partial charge in [0.15, 0.2) is 0 Å². The van der Waals surface area contributed by atoms with Gasteiger partial charge in [0.1, 0.15) is 12.4 Å². The molecule has 0 saturated heterocycles. The van der Waals surface area contributed by atoms with Crippen LogP contribution in [0.5, 0.6) is 5.75 Å². The molecule has 1 unspecified atom stereocenters. The molecule has 0 radical (unpaired) electrons. The first-order chi connectivity index (χ1) is 19.6. The van der Waals surface area contributed by atoms with E-state index < -0.39 is 0 Å². The quantitative estimate of drug-likeness (QED) is 0.158. The molecule has 198 valence electrons. The van der Waals surface area contributed by atoms with Crippen LogP contribution in [0.4, 0.5) is 0 Å². The Morgan fingerprint density at radius 2 is 0.950 bits per heavy atom. The molecule has 0 aliphatic carbocycles. The summed E-state index contributed by atoms with van der Waals surface area (Å²) in [7, 11) is 0. The third-order valence-electron chi connectivity index (χ3n) is 7.85. The van der Waals surface area contributed by atoms with E-state index in [0.29, 0.717) is 6.61 Å². The zero-order valence-electron chi connectivity index (χ0n) is 23.2. The molecule has 1 nitrogen and oxygen atoms in total. The number of hydrogen-bond acceptors (Lipinski definition) is 1. The van der Waals surface area contributed by atoms with Crippen molar-refractivity contribution >= 4 is 12.2 Å².